The number of fused-ring (bicyclic) bond motifs is 1. The van der Waals surface area contributed by atoms with Crippen molar-refractivity contribution in [3.05, 3.63) is 29.3 Å². The molecule has 1 saturated heterocycles. The van der Waals surface area contributed by atoms with Gasteiger partial charge in [-0.1, -0.05) is 25.5 Å². The van der Waals surface area contributed by atoms with Crippen LogP contribution in [0.5, 0.6) is 0 Å². The molecule has 1 aliphatic rings. The zero-order valence-corrected chi connectivity index (χ0v) is 15.3. The fraction of sp³-hybridized carbons (Fsp3) is 0.529. The Balaban J connectivity index is 1.48. The molecule has 1 fully saturated rings. The van der Waals surface area contributed by atoms with Gasteiger partial charge in [0.05, 0.1) is 36.4 Å². The van der Waals surface area contributed by atoms with Crippen molar-refractivity contribution >= 4 is 38.9 Å². The Hall–Kier alpha value is -1.24. The molecule has 2 N–H and O–H groups in total. The van der Waals surface area contributed by atoms with Crippen LogP contribution in [-0.4, -0.2) is 47.7 Å². The predicted octanol–water partition coefficient (Wildman–Crippen LogP) is 1.67. The molecule has 0 radical (unpaired) electrons. The summed E-state index contributed by atoms with van der Waals surface area (Å²) in [5.74, 6) is 0. The minimum atomic E-state index is 0.928. The van der Waals surface area contributed by atoms with E-state index in [1.165, 1.54) is 22.5 Å². The molecule has 23 heavy (non-hydrogen) atoms. The molecule has 1 aromatic carbocycles. The maximum absolute atomic E-state index is 5.49. The molecule has 0 saturated carbocycles. The molecule has 0 atom stereocenters. The molecule has 0 aliphatic carbocycles. The maximum Gasteiger partial charge on any atom is 0.169 e. The van der Waals surface area contributed by atoms with Crippen molar-refractivity contribution < 1.29 is 4.90 Å². The first kappa shape index (κ1) is 16.6. The fourth-order valence-electron chi connectivity index (χ4n) is 2.90. The largest absolute Gasteiger partial charge is 0.363 e. The van der Waals surface area contributed by atoms with Gasteiger partial charge in [-0.3, -0.25) is 0 Å². The first-order chi connectivity index (χ1) is 11.3. The van der Waals surface area contributed by atoms with Crippen molar-refractivity contribution in [1.82, 2.24) is 15.2 Å². The fourth-order valence-corrected chi connectivity index (χ4v) is 4.22. The molecular formula is C17H25N4S2+. The summed E-state index contributed by atoms with van der Waals surface area (Å²) in [6.45, 7) is 8.57. The third-order valence-electron chi connectivity index (χ3n) is 4.30. The Bertz CT molecular complexity index is 614. The van der Waals surface area contributed by atoms with Crippen LogP contribution in [0.15, 0.2) is 24.3 Å². The molecule has 0 bridgehead atoms. The van der Waals surface area contributed by atoms with E-state index in [2.05, 4.69) is 41.4 Å². The van der Waals surface area contributed by atoms with Crippen molar-refractivity contribution in [1.29, 1.82) is 0 Å². The van der Waals surface area contributed by atoms with Crippen LogP contribution in [0, 0.1) is 0 Å². The quantitative estimate of drug-likeness (QED) is 0.635. The van der Waals surface area contributed by atoms with Gasteiger partial charge in [-0.05, 0) is 30.8 Å². The lowest BCUT2D eigenvalue weighted by atomic mass is 10.3. The number of benzene rings is 1. The number of unbranched alkanes of at least 4 members (excludes halogenated alkanes) is 1. The lowest BCUT2D eigenvalue weighted by Crippen LogP contribution is -3.13. The number of para-hydroxylation sites is 1. The summed E-state index contributed by atoms with van der Waals surface area (Å²) in [5.41, 5.74) is 1.13. The summed E-state index contributed by atoms with van der Waals surface area (Å²) in [6, 6.07) is 8.40. The molecule has 0 amide bonds. The third-order valence-corrected chi connectivity index (χ3v) is 5.74. The van der Waals surface area contributed by atoms with E-state index in [1.807, 2.05) is 11.3 Å². The Morgan fingerprint density at radius 1 is 1.35 bits per heavy atom. The van der Waals surface area contributed by atoms with Crippen molar-refractivity contribution in [2.75, 3.05) is 32.7 Å². The molecular weight excluding hydrogens is 324 g/mol. The van der Waals surface area contributed by atoms with E-state index < -0.39 is 0 Å². The summed E-state index contributed by atoms with van der Waals surface area (Å²) in [6.07, 6.45) is 2.39. The second kappa shape index (κ2) is 8.04. The SMILES string of the molecule is CCCCNC(=S)N1CC[NH+](Cc2nc3ccccc3s2)CC1. The third kappa shape index (κ3) is 4.40. The van der Waals surface area contributed by atoms with Gasteiger partial charge in [-0.15, -0.1) is 11.3 Å². The van der Waals surface area contributed by atoms with Crippen LogP contribution in [0.2, 0.25) is 0 Å². The van der Waals surface area contributed by atoms with Gasteiger partial charge >= 0.3 is 0 Å². The highest BCUT2D eigenvalue weighted by molar-refractivity contribution is 7.80. The molecule has 6 heteroatoms. The highest BCUT2D eigenvalue weighted by Crippen LogP contribution is 2.20. The van der Waals surface area contributed by atoms with E-state index in [0.717, 1.165) is 49.9 Å². The lowest BCUT2D eigenvalue weighted by Gasteiger charge is -2.33. The summed E-state index contributed by atoms with van der Waals surface area (Å²) in [5, 5.41) is 5.55. The highest BCUT2D eigenvalue weighted by atomic mass is 32.1. The summed E-state index contributed by atoms with van der Waals surface area (Å²) in [4.78, 5) is 8.68. The molecule has 3 rings (SSSR count). The van der Waals surface area contributed by atoms with Crippen LogP contribution in [0.3, 0.4) is 0 Å². The average Bonchev–Trinajstić information content (AvgIpc) is 2.98. The zero-order valence-electron chi connectivity index (χ0n) is 13.7. The van der Waals surface area contributed by atoms with Crippen molar-refractivity contribution in [2.24, 2.45) is 0 Å². The predicted molar refractivity (Wildman–Crippen MR) is 101 cm³/mol. The van der Waals surface area contributed by atoms with Crippen LogP contribution >= 0.6 is 23.6 Å². The number of hydrogen-bond acceptors (Lipinski definition) is 3. The number of hydrogen-bond donors (Lipinski definition) is 2. The summed E-state index contributed by atoms with van der Waals surface area (Å²) < 4.78 is 1.29. The normalized spacial score (nSPS) is 16.0. The van der Waals surface area contributed by atoms with Gasteiger partial charge in [-0.2, -0.15) is 0 Å². The van der Waals surface area contributed by atoms with Crippen molar-refractivity contribution in [2.45, 2.75) is 26.3 Å². The van der Waals surface area contributed by atoms with Crippen LogP contribution in [0.1, 0.15) is 24.8 Å². The van der Waals surface area contributed by atoms with Crippen molar-refractivity contribution in [3.8, 4) is 0 Å². The Morgan fingerprint density at radius 3 is 2.87 bits per heavy atom. The number of piperazine rings is 1. The lowest BCUT2D eigenvalue weighted by molar-refractivity contribution is -0.917. The molecule has 0 unspecified atom stereocenters. The van der Waals surface area contributed by atoms with Crippen LogP contribution in [-0.2, 0) is 6.54 Å². The number of thiazole rings is 1. The van der Waals surface area contributed by atoms with Gasteiger partial charge in [0.15, 0.2) is 5.11 Å². The van der Waals surface area contributed by atoms with Gasteiger partial charge in [0.25, 0.3) is 0 Å². The maximum atomic E-state index is 5.49. The molecule has 1 aromatic heterocycles. The van der Waals surface area contributed by atoms with Gasteiger partial charge in [0.2, 0.25) is 0 Å². The minimum absolute atomic E-state index is 0.928. The van der Waals surface area contributed by atoms with Crippen LogP contribution < -0.4 is 10.2 Å². The van der Waals surface area contributed by atoms with E-state index in [4.69, 9.17) is 17.2 Å². The van der Waals surface area contributed by atoms with Gasteiger partial charge in [0, 0.05) is 6.54 Å². The van der Waals surface area contributed by atoms with Crippen LogP contribution in [0.25, 0.3) is 10.2 Å². The molecule has 1 aliphatic heterocycles. The number of nitrogens with one attached hydrogen (secondary N) is 2. The van der Waals surface area contributed by atoms with E-state index in [0.29, 0.717) is 0 Å². The van der Waals surface area contributed by atoms with Gasteiger partial charge in [-0.25, -0.2) is 4.98 Å². The number of nitrogens with zero attached hydrogens (tertiary/aromatic N) is 2. The molecule has 124 valence electrons. The first-order valence-corrected chi connectivity index (χ1v) is 9.69. The molecule has 4 nitrogen and oxygen atoms in total. The molecule has 2 aromatic rings. The summed E-state index contributed by atoms with van der Waals surface area (Å²) in [7, 11) is 0. The van der Waals surface area contributed by atoms with E-state index in [-0.39, 0.29) is 0 Å². The van der Waals surface area contributed by atoms with E-state index in [9.17, 15) is 0 Å². The Kier molecular flexibility index (Phi) is 5.80. The monoisotopic (exact) mass is 349 g/mol. The van der Waals surface area contributed by atoms with E-state index >= 15 is 0 Å². The highest BCUT2D eigenvalue weighted by Gasteiger charge is 2.22. The Labute approximate surface area is 147 Å². The average molecular weight is 350 g/mol. The number of rotatable bonds is 5. The van der Waals surface area contributed by atoms with Crippen LogP contribution in [0.4, 0.5) is 0 Å². The zero-order chi connectivity index (χ0) is 16.1. The topological polar surface area (TPSA) is 32.6 Å². The molecule has 0 spiro atoms. The van der Waals surface area contributed by atoms with Gasteiger partial charge in [0.1, 0.15) is 11.6 Å². The second-order valence-corrected chi connectivity index (χ2v) is 7.58. The summed E-state index contributed by atoms with van der Waals surface area (Å²) >= 11 is 7.32. The minimum Gasteiger partial charge on any atom is -0.363 e. The number of quaternary nitrogens is 1. The standard InChI is InChI=1S/C17H24N4S2/c1-2-3-8-18-17(22)21-11-9-20(10-12-21)13-16-19-14-6-4-5-7-15(14)23-16/h4-7H,2-3,8-13H2,1H3,(H,18,22)/p+1. The number of aromatic nitrogens is 1. The van der Waals surface area contributed by atoms with Crippen molar-refractivity contribution in [3.63, 3.8) is 0 Å². The number of thiocarbonyl (C=S) groups is 1. The second-order valence-electron chi connectivity index (χ2n) is 6.07. The smallest absolute Gasteiger partial charge is 0.169 e. The van der Waals surface area contributed by atoms with E-state index in [1.54, 1.807) is 4.90 Å². The van der Waals surface area contributed by atoms with Gasteiger partial charge < -0.3 is 15.1 Å². The Morgan fingerprint density at radius 2 is 2.13 bits per heavy atom. The molecule has 2 heterocycles. The first-order valence-electron chi connectivity index (χ1n) is 8.47.